The van der Waals surface area contributed by atoms with Crippen molar-refractivity contribution in [1.29, 1.82) is 0 Å². The molecule has 2 aliphatic heterocycles. The number of carbonyl (C=O) groups excluding carboxylic acids is 1. The second-order valence-corrected chi connectivity index (χ2v) is 7.62. The maximum absolute atomic E-state index is 12.9. The van der Waals surface area contributed by atoms with E-state index in [1.165, 1.54) is 19.3 Å². The van der Waals surface area contributed by atoms with Crippen LogP contribution in [0.3, 0.4) is 0 Å². The SMILES string of the molecule is CCC1CCCCN1c1ccc(C(=O)N2CCN(c3ccccn3)CC2)cn1. The van der Waals surface area contributed by atoms with E-state index < -0.39 is 0 Å². The van der Waals surface area contributed by atoms with E-state index in [2.05, 4.69) is 26.7 Å². The van der Waals surface area contributed by atoms with Crippen molar-refractivity contribution in [3.63, 3.8) is 0 Å². The first-order valence-electron chi connectivity index (χ1n) is 10.4. The molecule has 1 atom stereocenters. The first-order valence-corrected chi connectivity index (χ1v) is 10.4. The molecule has 28 heavy (non-hydrogen) atoms. The molecule has 1 unspecified atom stereocenters. The highest BCUT2D eigenvalue weighted by molar-refractivity contribution is 5.94. The molecule has 0 N–H and O–H groups in total. The zero-order valence-corrected chi connectivity index (χ0v) is 16.6. The number of rotatable bonds is 4. The summed E-state index contributed by atoms with van der Waals surface area (Å²) >= 11 is 0. The highest BCUT2D eigenvalue weighted by Crippen LogP contribution is 2.25. The Morgan fingerprint density at radius 2 is 1.86 bits per heavy atom. The van der Waals surface area contributed by atoms with Gasteiger partial charge in [0.15, 0.2) is 0 Å². The van der Waals surface area contributed by atoms with E-state index in [9.17, 15) is 4.79 Å². The van der Waals surface area contributed by atoms with Crippen LogP contribution in [0.2, 0.25) is 0 Å². The Kier molecular flexibility index (Phi) is 5.74. The van der Waals surface area contributed by atoms with Crippen LogP contribution >= 0.6 is 0 Å². The molecular weight excluding hydrogens is 350 g/mol. The van der Waals surface area contributed by atoms with Crippen LogP contribution in [0.5, 0.6) is 0 Å². The summed E-state index contributed by atoms with van der Waals surface area (Å²) in [5.41, 5.74) is 0.681. The Bertz CT molecular complexity index is 771. The van der Waals surface area contributed by atoms with Crippen LogP contribution in [0.15, 0.2) is 42.7 Å². The normalized spacial score (nSPS) is 20.3. The third kappa shape index (κ3) is 3.96. The molecule has 0 bridgehead atoms. The molecule has 0 spiro atoms. The maximum atomic E-state index is 12.9. The lowest BCUT2D eigenvalue weighted by Crippen LogP contribution is -2.49. The van der Waals surface area contributed by atoms with Crippen LogP contribution in [-0.2, 0) is 0 Å². The van der Waals surface area contributed by atoms with Crippen LogP contribution in [0.4, 0.5) is 11.6 Å². The van der Waals surface area contributed by atoms with Crippen molar-refractivity contribution in [2.24, 2.45) is 0 Å². The Labute approximate surface area is 167 Å². The van der Waals surface area contributed by atoms with E-state index in [1.54, 1.807) is 6.20 Å². The lowest BCUT2D eigenvalue weighted by molar-refractivity contribution is 0.0746. The van der Waals surface area contributed by atoms with E-state index in [4.69, 9.17) is 0 Å². The third-order valence-corrected chi connectivity index (χ3v) is 5.93. The Morgan fingerprint density at radius 3 is 2.54 bits per heavy atom. The van der Waals surface area contributed by atoms with Crippen molar-refractivity contribution < 1.29 is 4.79 Å². The molecule has 0 saturated carbocycles. The molecule has 6 nitrogen and oxygen atoms in total. The molecule has 2 fully saturated rings. The summed E-state index contributed by atoms with van der Waals surface area (Å²) in [5, 5.41) is 0. The summed E-state index contributed by atoms with van der Waals surface area (Å²) in [6, 6.07) is 10.5. The topological polar surface area (TPSA) is 52.6 Å². The van der Waals surface area contributed by atoms with E-state index in [0.717, 1.165) is 37.7 Å². The average Bonchev–Trinajstić information content (AvgIpc) is 2.79. The summed E-state index contributed by atoms with van der Waals surface area (Å²) in [5.74, 6) is 2.06. The van der Waals surface area contributed by atoms with Crippen LogP contribution in [0, 0.1) is 0 Å². The maximum Gasteiger partial charge on any atom is 0.255 e. The van der Waals surface area contributed by atoms with Crippen molar-refractivity contribution in [3.8, 4) is 0 Å². The van der Waals surface area contributed by atoms with Crippen molar-refractivity contribution in [2.75, 3.05) is 42.5 Å². The fourth-order valence-corrected chi connectivity index (χ4v) is 4.27. The zero-order chi connectivity index (χ0) is 19.3. The van der Waals surface area contributed by atoms with Gasteiger partial charge in [-0.2, -0.15) is 0 Å². The highest BCUT2D eigenvalue weighted by atomic mass is 16.2. The number of aromatic nitrogens is 2. The number of hydrogen-bond acceptors (Lipinski definition) is 5. The standard InChI is InChI=1S/C22H29N5O/c1-2-19-7-4-6-12-27(19)21-10-9-18(17-24-21)22(28)26-15-13-25(14-16-26)20-8-3-5-11-23-20/h3,5,8-11,17,19H,2,4,6-7,12-16H2,1H3. The Hall–Kier alpha value is -2.63. The van der Waals surface area contributed by atoms with Gasteiger partial charge in [-0.15, -0.1) is 0 Å². The number of nitrogens with zero attached hydrogens (tertiary/aromatic N) is 5. The summed E-state index contributed by atoms with van der Waals surface area (Å²) in [6.07, 6.45) is 8.47. The van der Waals surface area contributed by atoms with Crippen molar-refractivity contribution in [1.82, 2.24) is 14.9 Å². The minimum absolute atomic E-state index is 0.0745. The molecule has 2 aromatic heterocycles. The van der Waals surface area contributed by atoms with E-state index in [1.807, 2.05) is 41.4 Å². The number of amides is 1. The molecule has 1 amide bonds. The summed E-state index contributed by atoms with van der Waals surface area (Å²) < 4.78 is 0. The summed E-state index contributed by atoms with van der Waals surface area (Å²) in [7, 11) is 0. The quantitative estimate of drug-likeness (QED) is 0.816. The van der Waals surface area contributed by atoms with Crippen molar-refractivity contribution in [2.45, 2.75) is 38.6 Å². The van der Waals surface area contributed by atoms with Gasteiger partial charge in [0, 0.05) is 51.2 Å². The predicted octanol–water partition coefficient (Wildman–Crippen LogP) is 3.21. The van der Waals surface area contributed by atoms with Gasteiger partial charge in [0.25, 0.3) is 5.91 Å². The molecule has 0 aliphatic carbocycles. The van der Waals surface area contributed by atoms with Gasteiger partial charge in [0.2, 0.25) is 0 Å². The van der Waals surface area contributed by atoms with Crippen LogP contribution in [-0.4, -0.2) is 59.5 Å². The lowest BCUT2D eigenvalue weighted by atomic mass is 10.00. The van der Waals surface area contributed by atoms with Gasteiger partial charge in [0.1, 0.15) is 11.6 Å². The fraction of sp³-hybridized carbons (Fsp3) is 0.500. The average molecular weight is 380 g/mol. The molecule has 4 rings (SSSR count). The van der Waals surface area contributed by atoms with Gasteiger partial charge in [-0.25, -0.2) is 9.97 Å². The number of piperazine rings is 1. The minimum Gasteiger partial charge on any atom is -0.354 e. The Morgan fingerprint density at radius 1 is 1.00 bits per heavy atom. The van der Waals surface area contributed by atoms with Crippen molar-refractivity contribution >= 4 is 17.5 Å². The second kappa shape index (κ2) is 8.59. The number of carbonyl (C=O) groups is 1. The molecule has 148 valence electrons. The fourth-order valence-electron chi connectivity index (χ4n) is 4.27. The summed E-state index contributed by atoms with van der Waals surface area (Å²) in [4.78, 5) is 28.5. The van der Waals surface area contributed by atoms with Gasteiger partial charge in [-0.1, -0.05) is 13.0 Å². The molecule has 2 aromatic rings. The molecule has 0 aromatic carbocycles. The van der Waals surface area contributed by atoms with Gasteiger partial charge in [-0.05, 0) is 49.9 Å². The van der Waals surface area contributed by atoms with E-state index in [0.29, 0.717) is 24.7 Å². The Balaban J connectivity index is 1.37. The van der Waals surface area contributed by atoms with Crippen LogP contribution in [0.25, 0.3) is 0 Å². The number of pyridine rings is 2. The molecule has 6 heteroatoms. The van der Waals surface area contributed by atoms with E-state index in [-0.39, 0.29) is 5.91 Å². The van der Waals surface area contributed by atoms with Crippen LogP contribution < -0.4 is 9.80 Å². The molecule has 4 heterocycles. The molecular formula is C22H29N5O. The number of piperidine rings is 1. The number of hydrogen-bond donors (Lipinski definition) is 0. The molecule has 2 saturated heterocycles. The van der Waals surface area contributed by atoms with Gasteiger partial charge in [-0.3, -0.25) is 4.79 Å². The van der Waals surface area contributed by atoms with Gasteiger partial charge in [0.05, 0.1) is 5.56 Å². The lowest BCUT2D eigenvalue weighted by Gasteiger charge is -2.36. The monoisotopic (exact) mass is 379 g/mol. The third-order valence-electron chi connectivity index (χ3n) is 5.93. The highest BCUT2D eigenvalue weighted by Gasteiger charge is 2.25. The zero-order valence-electron chi connectivity index (χ0n) is 16.6. The van der Waals surface area contributed by atoms with Gasteiger partial charge >= 0.3 is 0 Å². The second-order valence-electron chi connectivity index (χ2n) is 7.62. The first-order chi connectivity index (χ1) is 13.8. The van der Waals surface area contributed by atoms with Crippen molar-refractivity contribution in [3.05, 3.63) is 48.3 Å². The smallest absolute Gasteiger partial charge is 0.255 e. The summed E-state index contributed by atoms with van der Waals surface area (Å²) in [6.45, 7) is 6.34. The molecule has 2 aliphatic rings. The van der Waals surface area contributed by atoms with Crippen LogP contribution in [0.1, 0.15) is 43.0 Å². The predicted molar refractivity (Wildman–Crippen MR) is 112 cm³/mol. The number of anilines is 2. The molecule has 0 radical (unpaired) electrons. The minimum atomic E-state index is 0.0745. The van der Waals surface area contributed by atoms with E-state index >= 15 is 0 Å². The largest absolute Gasteiger partial charge is 0.354 e. The van der Waals surface area contributed by atoms with Gasteiger partial charge < -0.3 is 14.7 Å². The first kappa shape index (κ1) is 18.7.